The predicted octanol–water partition coefficient (Wildman–Crippen LogP) is 2.36. The van der Waals surface area contributed by atoms with Crippen molar-refractivity contribution in [3.05, 3.63) is 52.0 Å². The Morgan fingerprint density at radius 2 is 2.11 bits per heavy atom. The molecular weight excluding hydrogens is 248 g/mol. The van der Waals surface area contributed by atoms with Gasteiger partial charge in [-0.15, -0.1) is 0 Å². The van der Waals surface area contributed by atoms with E-state index in [1.807, 2.05) is 6.07 Å². The van der Waals surface area contributed by atoms with Crippen molar-refractivity contribution >= 4 is 5.69 Å². The molecule has 2 aromatic rings. The fourth-order valence-electron chi connectivity index (χ4n) is 1.44. The average molecular weight is 256 g/mol. The van der Waals surface area contributed by atoms with Gasteiger partial charge in [0.15, 0.2) is 0 Å². The highest BCUT2D eigenvalue weighted by atomic mass is 16.6. The Morgan fingerprint density at radius 3 is 2.79 bits per heavy atom. The van der Waals surface area contributed by atoms with Crippen LogP contribution in [-0.2, 0) is 0 Å². The third kappa shape index (κ3) is 2.63. The molecule has 0 bridgehead atoms. The van der Waals surface area contributed by atoms with Crippen LogP contribution in [0.2, 0.25) is 0 Å². The number of nitrogens with zero attached hydrogens (tertiary/aromatic N) is 4. The van der Waals surface area contributed by atoms with Gasteiger partial charge in [-0.2, -0.15) is 5.26 Å². The number of aromatic nitrogens is 2. The predicted molar refractivity (Wildman–Crippen MR) is 64.7 cm³/mol. The summed E-state index contributed by atoms with van der Waals surface area (Å²) < 4.78 is 5.31. The fraction of sp³-hybridized carbons (Fsp3) is 0.0833. The molecule has 0 fully saturated rings. The van der Waals surface area contributed by atoms with E-state index in [1.54, 1.807) is 13.0 Å². The van der Waals surface area contributed by atoms with Crippen molar-refractivity contribution < 1.29 is 9.66 Å². The summed E-state index contributed by atoms with van der Waals surface area (Å²) in [6.07, 6.45) is 2.69. The van der Waals surface area contributed by atoms with Gasteiger partial charge in [0.25, 0.3) is 5.88 Å². The number of nitriles is 1. The van der Waals surface area contributed by atoms with E-state index >= 15 is 0 Å². The Labute approximate surface area is 108 Å². The minimum atomic E-state index is -0.551. The minimum absolute atomic E-state index is 0.0209. The maximum absolute atomic E-state index is 10.9. The van der Waals surface area contributed by atoms with Crippen LogP contribution in [0.1, 0.15) is 11.3 Å². The number of aryl methyl sites for hydroxylation is 1. The zero-order valence-corrected chi connectivity index (χ0v) is 9.90. The highest BCUT2D eigenvalue weighted by Crippen LogP contribution is 2.31. The lowest BCUT2D eigenvalue weighted by molar-refractivity contribution is -0.385. The molecule has 0 aliphatic heterocycles. The SMILES string of the molecule is Cc1ccc(Oc2nccnc2C#N)c([N+](=O)[O-])c1. The van der Waals surface area contributed by atoms with Crippen LogP contribution in [0.25, 0.3) is 0 Å². The van der Waals surface area contributed by atoms with Crippen LogP contribution >= 0.6 is 0 Å². The zero-order valence-electron chi connectivity index (χ0n) is 9.90. The normalized spacial score (nSPS) is 9.68. The van der Waals surface area contributed by atoms with Gasteiger partial charge in [-0.05, 0) is 18.6 Å². The Kier molecular flexibility index (Phi) is 3.34. The fourth-order valence-corrected chi connectivity index (χ4v) is 1.44. The Bertz CT molecular complexity index is 679. The van der Waals surface area contributed by atoms with Crippen LogP contribution in [-0.4, -0.2) is 14.9 Å². The van der Waals surface area contributed by atoms with Crippen LogP contribution in [0.3, 0.4) is 0 Å². The summed E-state index contributed by atoms with van der Waals surface area (Å²) in [5.74, 6) is -0.0375. The first-order valence-corrected chi connectivity index (χ1v) is 5.26. The number of ether oxygens (including phenoxy) is 1. The molecule has 0 atom stereocenters. The molecule has 0 saturated carbocycles. The largest absolute Gasteiger partial charge is 0.429 e. The number of nitro benzene ring substituents is 1. The molecule has 7 nitrogen and oxygen atoms in total. The quantitative estimate of drug-likeness (QED) is 0.617. The van der Waals surface area contributed by atoms with E-state index < -0.39 is 4.92 Å². The number of benzene rings is 1. The van der Waals surface area contributed by atoms with E-state index in [2.05, 4.69) is 9.97 Å². The van der Waals surface area contributed by atoms with Crippen LogP contribution in [0.4, 0.5) is 5.69 Å². The van der Waals surface area contributed by atoms with Gasteiger partial charge in [0, 0.05) is 18.5 Å². The lowest BCUT2D eigenvalue weighted by Crippen LogP contribution is -1.98. The van der Waals surface area contributed by atoms with Crippen molar-refractivity contribution in [3.8, 4) is 17.7 Å². The molecule has 0 aliphatic carbocycles. The third-order valence-corrected chi connectivity index (χ3v) is 2.29. The molecule has 1 aromatic carbocycles. The number of rotatable bonds is 3. The molecule has 2 rings (SSSR count). The van der Waals surface area contributed by atoms with Gasteiger partial charge in [0.1, 0.15) is 6.07 Å². The molecule has 1 aromatic heterocycles. The molecule has 0 N–H and O–H groups in total. The van der Waals surface area contributed by atoms with Crippen LogP contribution in [0.15, 0.2) is 30.6 Å². The van der Waals surface area contributed by atoms with Crippen molar-refractivity contribution in [2.24, 2.45) is 0 Å². The lowest BCUT2D eigenvalue weighted by atomic mass is 10.2. The van der Waals surface area contributed by atoms with Gasteiger partial charge in [-0.3, -0.25) is 10.1 Å². The third-order valence-electron chi connectivity index (χ3n) is 2.29. The van der Waals surface area contributed by atoms with E-state index in [4.69, 9.17) is 10.00 Å². The van der Waals surface area contributed by atoms with Crippen molar-refractivity contribution in [3.63, 3.8) is 0 Å². The zero-order chi connectivity index (χ0) is 13.8. The maximum Gasteiger partial charge on any atom is 0.311 e. The summed E-state index contributed by atoms with van der Waals surface area (Å²) in [6, 6.07) is 6.33. The van der Waals surface area contributed by atoms with Gasteiger partial charge < -0.3 is 4.74 Å². The smallest absolute Gasteiger partial charge is 0.311 e. The maximum atomic E-state index is 10.9. The Morgan fingerprint density at radius 1 is 1.37 bits per heavy atom. The van der Waals surface area contributed by atoms with Crippen LogP contribution < -0.4 is 4.74 Å². The standard InChI is InChI=1S/C12H8N4O3/c1-8-2-3-11(10(6-8)16(17)18)19-12-9(7-13)14-4-5-15-12/h2-6H,1H3. The lowest BCUT2D eigenvalue weighted by Gasteiger charge is -2.06. The summed E-state index contributed by atoms with van der Waals surface area (Å²) in [5, 5.41) is 19.8. The first-order chi connectivity index (χ1) is 9.11. The summed E-state index contributed by atoms with van der Waals surface area (Å²) in [5.41, 5.74) is 0.519. The monoisotopic (exact) mass is 256 g/mol. The minimum Gasteiger partial charge on any atom is -0.429 e. The summed E-state index contributed by atoms with van der Waals surface area (Å²) in [4.78, 5) is 18.0. The molecule has 19 heavy (non-hydrogen) atoms. The van der Waals surface area contributed by atoms with Crippen molar-refractivity contribution in [1.82, 2.24) is 9.97 Å². The average Bonchev–Trinajstić information content (AvgIpc) is 2.41. The molecule has 0 unspecified atom stereocenters. The molecule has 0 amide bonds. The topological polar surface area (TPSA) is 102 Å². The molecule has 1 heterocycles. The first kappa shape index (κ1) is 12.4. The summed E-state index contributed by atoms with van der Waals surface area (Å²) >= 11 is 0. The van der Waals surface area contributed by atoms with Gasteiger partial charge >= 0.3 is 5.69 Å². The van der Waals surface area contributed by atoms with E-state index in [0.29, 0.717) is 0 Å². The molecule has 94 valence electrons. The van der Waals surface area contributed by atoms with Crippen molar-refractivity contribution in [2.75, 3.05) is 0 Å². The highest BCUT2D eigenvalue weighted by Gasteiger charge is 2.18. The second-order valence-electron chi connectivity index (χ2n) is 3.65. The summed E-state index contributed by atoms with van der Waals surface area (Å²) in [6.45, 7) is 1.74. The van der Waals surface area contributed by atoms with Crippen LogP contribution in [0, 0.1) is 28.4 Å². The second kappa shape index (κ2) is 5.10. The van der Waals surface area contributed by atoms with E-state index in [-0.39, 0.29) is 23.0 Å². The number of hydrogen-bond acceptors (Lipinski definition) is 6. The van der Waals surface area contributed by atoms with E-state index in [1.165, 1.54) is 24.5 Å². The van der Waals surface area contributed by atoms with Gasteiger partial charge in [0.05, 0.1) is 4.92 Å². The molecule has 0 radical (unpaired) electrons. The number of hydrogen-bond donors (Lipinski definition) is 0. The first-order valence-electron chi connectivity index (χ1n) is 5.26. The van der Waals surface area contributed by atoms with Crippen LogP contribution in [0.5, 0.6) is 11.6 Å². The Hall–Kier alpha value is -3.01. The Balaban J connectivity index is 2.44. The van der Waals surface area contributed by atoms with Gasteiger partial charge in [-0.1, -0.05) is 6.07 Å². The highest BCUT2D eigenvalue weighted by molar-refractivity contribution is 5.50. The van der Waals surface area contributed by atoms with Crippen molar-refractivity contribution in [1.29, 1.82) is 5.26 Å². The summed E-state index contributed by atoms with van der Waals surface area (Å²) in [7, 11) is 0. The molecule has 0 aliphatic rings. The molecule has 0 spiro atoms. The van der Waals surface area contributed by atoms with Gasteiger partial charge in [0.2, 0.25) is 11.4 Å². The molecule has 7 heteroatoms. The molecule has 0 saturated heterocycles. The van der Waals surface area contributed by atoms with Gasteiger partial charge in [-0.25, -0.2) is 9.97 Å². The van der Waals surface area contributed by atoms with E-state index in [0.717, 1.165) is 5.56 Å². The molecular formula is C12H8N4O3. The van der Waals surface area contributed by atoms with E-state index in [9.17, 15) is 10.1 Å². The number of nitro groups is 1. The van der Waals surface area contributed by atoms with Crippen molar-refractivity contribution in [2.45, 2.75) is 6.92 Å². The second-order valence-corrected chi connectivity index (χ2v) is 3.65.